The van der Waals surface area contributed by atoms with E-state index in [-0.39, 0.29) is 5.75 Å². The van der Waals surface area contributed by atoms with Gasteiger partial charge < -0.3 is 9.04 Å². The van der Waals surface area contributed by atoms with Crippen LogP contribution in [-0.2, 0) is 10.1 Å². The van der Waals surface area contributed by atoms with E-state index >= 15 is 0 Å². The second-order valence-electron chi connectivity index (χ2n) is 12.6. The molecule has 5 heteroatoms. The first-order chi connectivity index (χ1) is 18.6. The topological polar surface area (TPSA) is 57.2 Å². The lowest BCUT2D eigenvalue weighted by Crippen LogP contribution is -2.45. The van der Waals surface area contributed by atoms with E-state index < -0.39 is 10.1 Å². The molecule has 0 spiro atoms. The fraction of sp³-hybridized carbons (Fsp3) is 0.657. The molecule has 0 saturated heterocycles. The van der Waals surface area contributed by atoms with Crippen LogP contribution in [0.3, 0.4) is 0 Å². The summed E-state index contributed by atoms with van der Waals surface area (Å²) < 4.78 is 34.0. The van der Waals surface area contributed by atoms with E-state index in [1.165, 1.54) is 33.4 Å². The second kappa shape index (κ2) is 21.1. The average Bonchev–Trinajstić information content (AvgIpc) is 2.83. The van der Waals surface area contributed by atoms with E-state index in [9.17, 15) is 13.0 Å². The molecule has 0 aliphatic rings. The van der Waals surface area contributed by atoms with Crippen LogP contribution in [0, 0.1) is 0 Å². The highest BCUT2D eigenvalue weighted by Gasteiger charge is 2.19. The third-order valence-electron chi connectivity index (χ3n) is 7.35. The molecule has 0 aliphatic heterocycles. The largest absolute Gasteiger partial charge is 0.748 e. The van der Waals surface area contributed by atoms with Gasteiger partial charge in [-0.2, -0.15) is 0 Å². The SMILES string of the molecule is CC(C)=CCC/C(C)=C/CC/C(C)=C/C[N+](C)(C/C=C(\C)CC/C=C(\C)CCC=C(C)C)CCCCS(=O)(=O)[O-]. The number of quaternary nitrogens is 1. The molecule has 4 nitrogen and oxygen atoms in total. The van der Waals surface area contributed by atoms with Gasteiger partial charge in [0.2, 0.25) is 0 Å². The van der Waals surface area contributed by atoms with Crippen LogP contribution >= 0.6 is 0 Å². The number of hydrogen-bond acceptors (Lipinski definition) is 3. The van der Waals surface area contributed by atoms with Crippen LogP contribution in [0.5, 0.6) is 0 Å². The summed E-state index contributed by atoms with van der Waals surface area (Å²) in [6, 6.07) is 0. The molecule has 0 aliphatic carbocycles. The maximum atomic E-state index is 11.1. The molecule has 0 N–H and O–H groups in total. The molecule has 0 aromatic heterocycles. The molecule has 0 amide bonds. The van der Waals surface area contributed by atoms with Crippen LogP contribution in [0.2, 0.25) is 0 Å². The Hall–Kier alpha value is -1.69. The summed E-state index contributed by atoms with van der Waals surface area (Å²) in [5, 5.41) is 0. The molecule has 230 valence electrons. The highest BCUT2D eigenvalue weighted by molar-refractivity contribution is 7.85. The van der Waals surface area contributed by atoms with E-state index in [1.54, 1.807) is 0 Å². The predicted molar refractivity (Wildman–Crippen MR) is 175 cm³/mol. The first-order valence-corrected chi connectivity index (χ1v) is 16.9. The van der Waals surface area contributed by atoms with Crippen molar-refractivity contribution in [1.29, 1.82) is 0 Å². The van der Waals surface area contributed by atoms with Gasteiger partial charge in [-0.25, -0.2) is 8.42 Å². The first-order valence-electron chi connectivity index (χ1n) is 15.3. The van der Waals surface area contributed by atoms with Crippen LogP contribution in [0.25, 0.3) is 0 Å². The molecule has 0 atom stereocenters. The molecule has 0 aromatic carbocycles. The number of unbranched alkanes of at least 4 members (excludes halogenated alkanes) is 1. The van der Waals surface area contributed by atoms with E-state index in [4.69, 9.17) is 0 Å². The minimum atomic E-state index is -4.15. The molecular weight excluding hydrogens is 514 g/mol. The fourth-order valence-corrected chi connectivity index (χ4v) is 5.02. The Morgan fingerprint density at radius 3 is 1.27 bits per heavy atom. The van der Waals surface area contributed by atoms with Crippen LogP contribution in [0.4, 0.5) is 0 Å². The maximum absolute atomic E-state index is 11.1. The fourth-order valence-electron chi connectivity index (χ4n) is 4.46. The van der Waals surface area contributed by atoms with Gasteiger partial charge in [0, 0.05) is 5.75 Å². The minimum absolute atomic E-state index is 0.269. The third-order valence-corrected chi connectivity index (χ3v) is 8.14. The average molecular weight is 576 g/mol. The Kier molecular flexibility index (Phi) is 20.2. The predicted octanol–water partition coefficient (Wildman–Crippen LogP) is 9.60. The van der Waals surface area contributed by atoms with Crippen molar-refractivity contribution in [3.8, 4) is 0 Å². The summed E-state index contributed by atoms with van der Waals surface area (Å²) in [5.74, 6) is -0.269. The summed E-state index contributed by atoms with van der Waals surface area (Å²) in [6.07, 6.45) is 23.9. The van der Waals surface area contributed by atoms with Gasteiger partial charge in [-0.1, -0.05) is 57.7 Å². The van der Waals surface area contributed by atoms with Crippen molar-refractivity contribution in [2.45, 2.75) is 120 Å². The molecule has 0 bridgehead atoms. The van der Waals surface area contributed by atoms with Crippen molar-refractivity contribution >= 4 is 10.1 Å². The monoisotopic (exact) mass is 575 g/mol. The molecule has 0 rings (SSSR count). The van der Waals surface area contributed by atoms with Crippen molar-refractivity contribution in [3.63, 3.8) is 0 Å². The van der Waals surface area contributed by atoms with Crippen LogP contribution in [0.15, 0.2) is 69.9 Å². The molecule has 0 heterocycles. The van der Waals surface area contributed by atoms with Gasteiger partial charge in [-0.15, -0.1) is 0 Å². The zero-order valence-corrected chi connectivity index (χ0v) is 28.3. The zero-order chi connectivity index (χ0) is 30.6. The molecule has 0 unspecified atom stereocenters. The Labute approximate surface area is 249 Å². The third kappa shape index (κ3) is 24.1. The maximum Gasteiger partial charge on any atom is 0.0976 e. The van der Waals surface area contributed by atoms with Crippen molar-refractivity contribution < 1.29 is 17.5 Å². The van der Waals surface area contributed by atoms with Gasteiger partial charge in [0.1, 0.15) is 0 Å². The van der Waals surface area contributed by atoms with Crippen LogP contribution in [0.1, 0.15) is 120 Å². The molecule has 0 fully saturated rings. The Bertz CT molecular complexity index is 955. The summed E-state index contributed by atoms with van der Waals surface area (Å²) in [6.45, 7) is 20.2. The summed E-state index contributed by atoms with van der Waals surface area (Å²) in [4.78, 5) is 0. The van der Waals surface area contributed by atoms with E-state index in [0.29, 0.717) is 6.42 Å². The second-order valence-corrected chi connectivity index (χ2v) is 14.1. The lowest BCUT2D eigenvalue weighted by atomic mass is 10.1. The summed E-state index contributed by atoms with van der Waals surface area (Å²) in [7, 11) is -1.90. The van der Waals surface area contributed by atoms with E-state index in [2.05, 4.69) is 98.9 Å². The smallest absolute Gasteiger partial charge is 0.0976 e. The van der Waals surface area contributed by atoms with Crippen LogP contribution in [-0.4, -0.2) is 49.9 Å². The van der Waals surface area contributed by atoms with Crippen molar-refractivity contribution in [2.24, 2.45) is 0 Å². The Morgan fingerprint density at radius 1 is 0.575 bits per heavy atom. The summed E-state index contributed by atoms with van der Waals surface area (Å²) >= 11 is 0. The molecule has 0 radical (unpaired) electrons. The normalized spacial score (nSPS) is 15.2. The molecule has 0 aromatic rings. The molecular formula is C35H61NO3S. The van der Waals surface area contributed by atoms with E-state index in [1.807, 2.05) is 0 Å². The Morgan fingerprint density at radius 2 is 0.925 bits per heavy atom. The van der Waals surface area contributed by atoms with Gasteiger partial charge in [-0.3, -0.25) is 0 Å². The van der Waals surface area contributed by atoms with Gasteiger partial charge in [0.15, 0.2) is 0 Å². The number of hydrogen-bond donors (Lipinski definition) is 0. The zero-order valence-electron chi connectivity index (χ0n) is 27.4. The van der Waals surface area contributed by atoms with Gasteiger partial charge in [0.05, 0.1) is 36.8 Å². The van der Waals surface area contributed by atoms with Gasteiger partial charge in [-0.05, 0) is 132 Å². The van der Waals surface area contributed by atoms with E-state index in [0.717, 1.165) is 81.9 Å². The van der Waals surface area contributed by atoms with Gasteiger partial charge >= 0.3 is 0 Å². The van der Waals surface area contributed by atoms with Gasteiger partial charge in [0.25, 0.3) is 0 Å². The number of allylic oxidation sites excluding steroid dienone is 10. The summed E-state index contributed by atoms with van der Waals surface area (Å²) in [5.41, 5.74) is 8.47. The highest BCUT2D eigenvalue weighted by atomic mass is 32.2. The number of nitrogens with zero attached hydrogens (tertiary/aromatic N) is 1. The van der Waals surface area contributed by atoms with Crippen LogP contribution < -0.4 is 0 Å². The number of likely N-dealkylation sites (N-methyl/N-ethyl adjacent to an activating group) is 1. The minimum Gasteiger partial charge on any atom is -0.748 e. The first kappa shape index (κ1) is 38.3. The lowest BCUT2D eigenvalue weighted by Gasteiger charge is -2.33. The van der Waals surface area contributed by atoms with Crippen molar-refractivity contribution in [2.75, 3.05) is 32.4 Å². The van der Waals surface area contributed by atoms with Crippen molar-refractivity contribution in [1.82, 2.24) is 0 Å². The molecule has 0 saturated carbocycles. The lowest BCUT2D eigenvalue weighted by molar-refractivity contribution is -0.898. The Balaban J connectivity index is 5.09. The van der Waals surface area contributed by atoms with Crippen molar-refractivity contribution in [3.05, 3.63) is 69.9 Å². The quantitative estimate of drug-likeness (QED) is 0.0592. The standard InChI is InChI=1S/C35H61NO3S/c1-30(2)16-12-18-32(5)20-14-22-34(7)24-27-36(9,26-10-11-29-40(37,38)39)28-25-35(8)23-15-21-33(6)19-13-17-31(3)4/h16-17,20-21,24-25H,10-15,18-19,22-23,26-29H2,1-9H3/b32-20+,33-21+,34-24+,35-25+. The number of rotatable bonds is 21. The highest BCUT2D eigenvalue weighted by Crippen LogP contribution is 2.16. The molecule has 40 heavy (non-hydrogen) atoms.